The molecule has 5 rings (SSSR count). The average Bonchev–Trinajstić information content (AvgIpc) is 3.60. The van der Waals surface area contributed by atoms with Gasteiger partial charge in [0, 0.05) is 45.3 Å². The number of piperazine rings is 1. The molecule has 1 aliphatic carbocycles. The first-order chi connectivity index (χ1) is 14.6. The molecule has 0 spiro atoms. The average molecular weight is 416 g/mol. The summed E-state index contributed by atoms with van der Waals surface area (Å²) in [6.45, 7) is 4.32. The van der Waals surface area contributed by atoms with Crippen LogP contribution in [0.2, 0.25) is 0 Å². The Kier molecular flexibility index (Phi) is 5.37. The number of nitrogens with zero attached hydrogens (tertiary/aromatic N) is 3. The monoisotopic (exact) mass is 416 g/mol. The molecule has 1 aromatic rings. The minimum Gasteiger partial charge on any atom is -0.366 e. The normalized spacial score (nSPS) is 28.6. The van der Waals surface area contributed by atoms with Crippen LogP contribution >= 0.6 is 0 Å². The Bertz CT molecular complexity index is 792. The van der Waals surface area contributed by atoms with Gasteiger partial charge in [-0.25, -0.2) is 9.18 Å². The Morgan fingerprint density at radius 3 is 2.47 bits per heavy atom. The molecular formula is C22H29FN4O3. The van der Waals surface area contributed by atoms with Crippen LogP contribution in [-0.4, -0.2) is 84.7 Å². The first-order valence-corrected chi connectivity index (χ1v) is 11.0. The first kappa shape index (κ1) is 19.8. The second-order valence-electron chi connectivity index (χ2n) is 8.90. The molecule has 1 saturated carbocycles. The third kappa shape index (κ3) is 4.03. The molecule has 4 fully saturated rings. The van der Waals surface area contributed by atoms with Gasteiger partial charge in [-0.05, 0) is 42.9 Å². The number of piperidine rings is 1. The number of amides is 3. The van der Waals surface area contributed by atoms with Crippen LogP contribution in [0, 0.1) is 11.7 Å². The number of nitrogens with one attached hydrogen (secondary N) is 1. The number of ether oxygens (including phenoxy) is 1. The highest BCUT2D eigenvalue weighted by atomic mass is 19.1. The molecule has 4 aliphatic rings. The zero-order chi connectivity index (χ0) is 20.7. The van der Waals surface area contributed by atoms with Crippen molar-refractivity contribution in [3.63, 3.8) is 0 Å². The van der Waals surface area contributed by atoms with E-state index in [9.17, 15) is 14.0 Å². The number of hydrogen-bond donors (Lipinski definition) is 1. The zero-order valence-corrected chi connectivity index (χ0v) is 17.1. The molecule has 3 atom stereocenters. The standard InChI is InChI=1S/C22H29FN4O3/c23-17-5-3-16(4-6-17)21(15-1-2-15)25-9-11-26(12-10-25)22(29)27-8-7-19-18(13-27)24-20(28)14-30-19/h3-6,15,18-19,21H,1-2,7-14H2,(H,24,28). The van der Waals surface area contributed by atoms with E-state index in [4.69, 9.17) is 4.74 Å². The molecule has 162 valence electrons. The van der Waals surface area contributed by atoms with Crippen molar-refractivity contribution in [1.82, 2.24) is 20.0 Å². The lowest BCUT2D eigenvalue weighted by Crippen LogP contribution is -2.63. The maximum absolute atomic E-state index is 13.4. The maximum Gasteiger partial charge on any atom is 0.320 e. The molecular weight excluding hydrogens is 387 g/mol. The molecule has 30 heavy (non-hydrogen) atoms. The Hall–Kier alpha value is -2.19. The summed E-state index contributed by atoms with van der Waals surface area (Å²) in [5, 5.41) is 2.96. The van der Waals surface area contributed by atoms with Gasteiger partial charge < -0.3 is 19.9 Å². The summed E-state index contributed by atoms with van der Waals surface area (Å²) in [6, 6.07) is 7.15. The summed E-state index contributed by atoms with van der Waals surface area (Å²) < 4.78 is 18.9. The van der Waals surface area contributed by atoms with E-state index < -0.39 is 0 Å². The van der Waals surface area contributed by atoms with Crippen LogP contribution in [0.5, 0.6) is 0 Å². The van der Waals surface area contributed by atoms with Gasteiger partial charge in [-0.1, -0.05) is 12.1 Å². The van der Waals surface area contributed by atoms with Crippen LogP contribution < -0.4 is 5.32 Å². The van der Waals surface area contributed by atoms with E-state index in [0.29, 0.717) is 38.1 Å². The van der Waals surface area contributed by atoms with Gasteiger partial charge >= 0.3 is 6.03 Å². The van der Waals surface area contributed by atoms with Crippen molar-refractivity contribution in [1.29, 1.82) is 0 Å². The van der Waals surface area contributed by atoms with Crippen molar-refractivity contribution < 1.29 is 18.7 Å². The molecule has 1 aromatic carbocycles. The smallest absolute Gasteiger partial charge is 0.320 e. The van der Waals surface area contributed by atoms with Crippen LogP contribution in [0.4, 0.5) is 9.18 Å². The van der Waals surface area contributed by atoms with Gasteiger partial charge in [0.05, 0.1) is 12.1 Å². The highest BCUT2D eigenvalue weighted by Gasteiger charge is 2.40. The summed E-state index contributed by atoms with van der Waals surface area (Å²) in [7, 11) is 0. The number of rotatable bonds is 3. The lowest BCUT2D eigenvalue weighted by atomic mass is 9.99. The molecule has 1 N–H and O–H groups in total. The first-order valence-electron chi connectivity index (χ1n) is 11.0. The zero-order valence-electron chi connectivity index (χ0n) is 17.1. The minimum absolute atomic E-state index is 0.0126. The van der Waals surface area contributed by atoms with Crippen molar-refractivity contribution >= 4 is 11.9 Å². The lowest BCUT2D eigenvalue weighted by molar-refractivity contribution is -0.139. The summed E-state index contributed by atoms with van der Waals surface area (Å²) in [5.74, 6) is 0.324. The van der Waals surface area contributed by atoms with Crippen LogP contribution in [0.1, 0.15) is 30.9 Å². The van der Waals surface area contributed by atoms with E-state index in [1.165, 1.54) is 18.4 Å². The summed E-state index contributed by atoms with van der Waals surface area (Å²) >= 11 is 0. The number of carbonyl (C=O) groups excluding carboxylic acids is 2. The molecule has 3 saturated heterocycles. The number of benzene rings is 1. The highest BCUT2D eigenvalue weighted by Crippen LogP contribution is 2.44. The second-order valence-corrected chi connectivity index (χ2v) is 8.90. The van der Waals surface area contributed by atoms with E-state index in [0.717, 1.165) is 19.5 Å². The van der Waals surface area contributed by atoms with Gasteiger partial charge in [0.2, 0.25) is 5.91 Å². The summed E-state index contributed by atoms with van der Waals surface area (Å²) in [4.78, 5) is 30.9. The number of carbonyl (C=O) groups is 2. The van der Waals surface area contributed by atoms with Crippen LogP contribution in [0.3, 0.4) is 0 Å². The molecule has 3 heterocycles. The number of likely N-dealkylation sites (tertiary alicyclic amines) is 1. The third-order valence-electron chi connectivity index (χ3n) is 6.85. The highest BCUT2D eigenvalue weighted by molar-refractivity contribution is 5.79. The van der Waals surface area contributed by atoms with E-state index in [-0.39, 0.29) is 36.5 Å². The third-order valence-corrected chi connectivity index (χ3v) is 6.85. The van der Waals surface area contributed by atoms with Gasteiger partial charge in [0.1, 0.15) is 12.4 Å². The number of fused-ring (bicyclic) bond motifs is 1. The fourth-order valence-corrected chi connectivity index (χ4v) is 5.12. The number of hydrogen-bond acceptors (Lipinski definition) is 4. The predicted molar refractivity (Wildman–Crippen MR) is 108 cm³/mol. The topological polar surface area (TPSA) is 65.1 Å². The number of urea groups is 1. The fourth-order valence-electron chi connectivity index (χ4n) is 5.12. The van der Waals surface area contributed by atoms with Gasteiger partial charge in [-0.15, -0.1) is 0 Å². The molecule has 0 radical (unpaired) electrons. The van der Waals surface area contributed by atoms with Gasteiger partial charge in [-0.2, -0.15) is 0 Å². The Morgan fingerprint density at radius 2 is 1.77 bits per heavy atom. The van der Waals surface area contributed by atoms with E-state index in [1.807, 2.05) is 21.9 Å². The predicted octanol–water partition coefficient (Wildman–Crippen LogP) is 1.60. The minimum atomic E-state index is -0.202. The van der Waals surface area contributed by atoms with Crippen molar-refractivity contribution in [2.24, 2.45) is 5.92 Å². The van der Waals surface area contributed by atoms with E-state index in [2.05, 4.69) is 10.2 Å². The summed E-state index contributed by atoms with van der Waals surface area (Å²) in [6.07, 6.45) is 3.19. The quantitative estimate of drug-likeness (QED) is 0.813. The number of halogens is 1. The van der Waals surface area contributed by atoms with Crippen LogP contribution in [0.15, 0.2) is 24.3 Å². The summed E-state index contributed by atoms with van der Waals surface area (Å²) in [5.41, 5.74) is 1.17. The van der Waals surface area contributed by atoms with Crippen LogP contribution in [-0.2, 0) is 9.53 Å². The van der Waals surface area contributed by atoms with Crippen molar-refractivity contribution in [2.75, 3.05) is 45.9 Å². The maximum atomic E-state index is 13.4. The van der Waals surface area contributed by atoms with E-state index in [1.54, 1.807) is 12.1 Å². The van der Waals surface area contributed by atoms with Gasteiger partial charge in [0.15, 0.2) is 0 Å². The molecule has 0 bridgehead atoms. The second kappa shape index (κ2) is 8.15. The van der Waals surface area contributed by atoms with E-state index >= 15 is 0 Å². The van der Waals surface area contributed by atoms with Gasteiger partial charge in [-0.3, -0.25) is 9.69 Å². The Balaban J connectivity index is 1.18. The Labute approximate surface area is 176 Å². The van der Waals surface area contributed by atoms with Crippen LogP contribution in [0.25, 0.3) is 0 Å². The van der Waals surface area contributed by atoms with Crippen molar-refractivity contribution in [2.45, 2.75) is 37.5 Å². The Morgan fingerprint density at radius 1 is 1.03 bits per heavy atom. The fraction of sp³-hybridized carbons (Fsp3) is 0.636. The lowest BCUT2D eigenvalue weighted by Gasteiger charge is -2.44. The van der Waals surface area contributed by atoms with Crippen molar-refractivity contribution in [3.8, 4) is 0 Å². The molecule has 3 amide bonds. The van der Waals surface area contributed by atoms with Gasteiger partial charge in [0.25, 0.3) is 0 Å². The SMILES string of the molecule is O=C1COC2CCN(C(=O)N3CCN(C(c4ccc(F)cc4)C4CC4)CC3)CC2N1. The molecule has 3 aliphatic heterocycles. The molecule has 7 nitrogen and oxygen atoms in total. The molecule has 8 heteroatoms. The number of morpholine rings is 1. The largest absolute Gasteiger partial charge is 0.366 e. The molecule has 3 unspecified atom stereocenters. The van der Waals surface area contributed by atoms with Crippen molar-refractivity contribution in [3.05, 3.63) is 35.6 Å². The molecule has 0 aromatic heterocycles.